The Balaban J connectivity index is 1.36. The number of aliphatic hydroxyl groups is 1. The predicted molar refractivity (Wildman–Crippen MR) is 146 cm³/mol. The first-order chi connectivity index (χ1) is 18.0. The van der Waals surface area contributed by atoms with Crippen LogP contribution in [0.2, 0.25) is 5.02 Å². The van der Waals surface area contributed by atoms with Gasteiger partial charge in [0, 0.05) is 22.4 Å². The lowest BCUT2D eigenvalue weighted by Crippen LogP contribution is -1.99. The van der Waals surface area contributed by atoms with Gasteiger partial charge in [-0.1, -0.05) is 23.7 Å². The number of hydrogen-bond donors (Lipinski definition) is 2. The minimum absolute atomic E-state index is 0.201. The van der Waals surface area contributed by atoms with Gasteiger partial charge < -0.3 is 19.6 Å². The van der Waals surface area contributed by atoms with Crippen molar-refractivity contribution < 1.29 is 18.7 Å². The number of rotatable bonds is 9. The van der Waals surface area contributed by atoms with Crippen LogP contribution >= 0.6 is 23.4 Å². The maximum atomic E-state index is 13.4. The second-order valence-corrected chi connectivity index (χ2v) is 9.63. The van der Waals surface area contributed by atoms with E-state index < -0.39 is 6.10 Å². The molecule has 0 radical (unpaired) electrons. The number of fused-ring (bicyclic) bond motifs is 1. The van der Waals surface area contributed by atoms with E-state index in [0.29, 0.717) is 45.1 Å². The summed E-state index contributed by atoms with van der Waals surface area (Å²) in [5.41, 5.74) is 3.03. The lowest BCUT2D eigenvalue weighted by Gasteiger charge is -2.12. The summed E-state index contributed by atoms with van der Waals surface area (Å²) in [5, 5.41) is 14.7. The molecule has 0 bridgehead atoms. The molecule has 9 heteroatoms. The fraction of sp³-hybridized carbons (Fsp3) is 0.143. The van der Waals surface area contributed by atoms with Gasteiger partial charge >= 0.3 is 0 Å². The fourth-order valence-corrected chi connectivity index (χ4v) is 4.57. The van der Waals surface area contributed by atoms with E-state index in [1.54, 1.807) is 42.1 Å². The molecule has 1 atom stereocenters. The quantitative estimate of drug-likeness (QED) is 0.203. The number of aliphatic hydroxyl groups excluding tert-OH is 1. The van der Waals surface area contributed by atoms with Gasteiger partial charge in [0.05, 0.1) is 10.5 Å². The van der Waals surface area contributed by atoms with Crippen molar-refractivity contribution in [2.24, 2.45) is 0 Å². The molecule has 0 aliphatic heterocycles. The molecule has 0 aliphatic rings. The van der Waals surface area contributed by atoms with Crippen molar-refractivity contribution in [3.05, 3.63) is 101 Å². The molecule has 2 aromatic heterocycles. The Morgan fingerprint density at radius 2 is 1.97 bits per heavy atom. The Hall–Kier alpha value is -3.59. The Labute approximate surface area is 222 Å². The smallest absolute Gasteiger partial charge is 0.141 e. The van der Waals surface area contributed by atoms with Crippen LogP contribution in [0.5, 0.6) is 5.75 Å². The molecule has 0 spiro atoms. The minimum Gasteiger partial charge on any atom is -0.487 e. The summed E-state index contributed by atoms with van der Waals surface area (Å²) in [6.07, 6.45) is 2.77. The molecule has 37 heavy (non-hydrogen) atoms. The van der Waals surface area contributed by atoms with Crippen molar-refractivity contribution in [1.29, 1.82) is 0 Å². The number of ether oxygens (including phenoxy) is 1. The van der Waals surface area contributed by atoms with Gasteiger partial charge in [0.2, 0.25) is 0 Å². The monoisotopic (exact) mass is 535 g/mol. The van der Waals surface area contributed by atoms with Gasteiger partial charge in [0.25, 0.3) is 0 Å². The van der Waals surface area contributed by atoms with Gasteiger partial charge in [-0.2, -0.15) is 11.8 Å². The number of aromatic nitrogens is 2. The number of benzene rings is 3. The highest BCUT2D eigenvalue weighted by Crippen LogP contribution is 2.33. The average molecular weight is 536 g/mol. The zero-order chi connectivity index (χ0) is 25.8. The molecule has 6 nitrogen and oxygen atoms in total. The maximum absolute atomic E-state index is 13.4. The second-order valence-electron chi connectivity index (χ2n) is 8.32. The fourth-order valence-electron chi connectivity index (χ4n) is 3.86. The van der Waals surface area contributed by atoms with Crippen LogP contribution < -0.4 is 10.1 Å². The molecular formula is C28H23ClFN3O3S. The number of thioether (sulfide) groups is 1. The highest BCUT2D eigenvalue weighted by atomic mass is 35.5. The van der Waals surface area contributed by atoms with Gasteiger partial charge in [0.15, 0.2) is 0 Å². The molecule has 1 unspecified atom stereocenters. The molecule has 5 rings (SSSR count). The minimum atomic E-state index is -0.657. The molecule has 2 N–H and O–H groups in total. The number of nitrogens with zero attached hydrogens (tertiary/aromatic N) is 2. The largest absolute Gasteiger partial charge is 0.487 e. The molecule has 2 heterocycles. The van der Waals surface area contributed by atoms with Gasteiger partial charge in [-0.3, -0.25) is 0 Å². The highest BCUT2D eigenvalue weighted by Gasteiger charge is 2.14. The Morgan fingerprint density at radius 3 is 2.78 bits per heavy atom. The lowest BCUT2D eigenvalue weighted by atomic mass is 10.1. The first-order valence-electron chi connectivity index (χ1n) is 11.5. The number of hydrogen-bond acceptors (Lipinski definition) is 7. The van der Waals surface area contributed by atoms with E-state index in [4.69, 9.17) is 20.8 Å². The molecule has 188 valence electrons. The third-order valence-electron chi connectivity index (χ3n) is 5.68. The summed E-state index contributed by atoms with van der Waals surface area (Å²) in [6.45, 7) is 0.201. The van der Waals surface area contributed by atoms with Crippen LogP contribution in [-0.2, 0) is 6.61 Å². The number of halogens is 2. The van der Waals surface area contributed by atoms with Crippen LogP contribution in [0.3, 0.4) is 0 Å². The standard InChI is InChI=1S/C28H23ClFN3O3S/c1-37-15-24(34)27-10-9-25(36-27)18-5-7-23-21(12-18)28(32-16-31-23)33-20-6-8-26(22(29)13-20)35-14-17-3-2-4-19(30)11-17/h2-13,16,24,34H,14-15H2,1H3,(H,31,32,33). The van der Waals surface area contributed by atoms with Crippen molar-refractivity contribution in [2.45, 2.75) is 12.7 Å². The van der Waals surface area contributed by atoms with Crippen LogP contribution in [0.4, 0.5) is 15.9 Å². The Morgan fingerprint density at radius 1 is 1.08 bits per heavy atom. The van der Waals surface area contributed by atoms with Gasteiger partial charge in [-0.25, -0.2) is 14.4 Å². The molecule has 0 amide bonds. The molecule has 3 aromatic carbocycles. The van der Waals surface area contributed by atoms with Crippen molar-refractivity contribution in [3.8, 4) is 17.1 Å². The van der Waals surface area contributed by atoms with Gasteiger partial charge in [-0.15, -0.1) is 0 Å². The van der Waals surface area contributed by atoms with Crippen molar-refractivity contribution in [3.63, 3.8) is 0 Å². The predicted octanol–water partition coefficient (Wildman–Crippen LogP) is 7.40. The highest BCUT2D eigenvalue weighted by molar-refractivity contribution is 7.98. The first kappa shape index (κ1) is 25.1. The van der Waals surface area contributed by atoms with E-state index in [1.165, 1.54) is 18.5 Å². The second kappa shape index (κ2) is 11.2. The summed E-state index contributed by atoms with van der Waals surface area (Å²) < 4.78 is 25.1. The van der Waals surface area contributed by atoms with E-state index in [0.717, 1.165) is 16.5 Å². The Bertz CT molecular complexity index is 1540. The van der Waals surface area contributed by atoms with Crippen molar-refractivity contribution >= 4 is 45.8 Å². The van der Waals surface area contributed by atoms with E-state index in [1.807, 2.05) is 36.6 Å². The van der Waals surface area contributed by atoms with Gasteiger partial charge in [-0.05, 0) is 72.5 Å². The van der Waals surface area contributed by atoms with E-state index in [9.17, 15) is 9.50 Å². The zero-order valence-corrected chi connectivity index (χ0v) is 21.4. The maximum Gasteiger partial charge on any atom is 0.141 e. The van der Waals surface area contributed by atoms with E-state index in [-0.39, 0.29) is 12.4 Å². The third-order valence-corrected chi connectivity index (χ3v) is 6.62. The molecule has 0 fully saturated rings. The zero-order valence-electron chi connectivity index (χ0n) is 19.8. The SMILES string of the molecule is CSCC(O)c1ccc(-c2ccc3ncnc(Nc4ccc(OCc5cccc(F)c5)c(Cl)c4)c3c2)o1. The summed E-state index contributed by atoms with van der Waals surface area (Å²) >= 11 is 8.01. The molecular weight excluding hydrogens is 513 g/mol. The normalized spacial score (nSPS) is 12.0. The van der Waals surface area contributed by atoms with Crippen molar-refractivity contribution in [1.82, 2.24) is 9.97 Å². The molecule has 0 aliphatic carbocycles. The average Bonchev–Trinajstić information content (AvgIpc) is 3.39. The molecule has 0 saturated carbocycles. The van der Waals surface area contributed by atoms with Crippen LogP contribution in [0, 0.1) is 5.82 Å². The summed E-state index contributed by atoms with van der Waals surface area (Å²) in [4.78, 5) is 8.80. The van der Waals surface area contributed by atoms with E-state index >= 15 is 0 Å². The summed E-state index contributed by atoms with van der Waals surface area (Å²) in [6, 6.07) is 21.0. The molecule has 5 aromatic rings. The Kier molecular flexibility index (Phi) is 7.60. The van der Waals surface area contributed by atoms with Crippen LogP contribution in [0.1, 0.15) is 17.4 Å². The summed E-state index contributed by atoms with van der Waals surface area (Å²) in [5.74, 6) is 2.52. The number of anilines is 2. The first-order valence-corrected chi connectivity index (χ1v) is 13.2. The number of furan rings is 1. The van der Waals surface area contributed by atoms with Gasteiger partial charge in [0.1, 0.15) is 47.9 Å². The lowest BCUT2D eigenvalue weighted by molar-refractivity contribution is 0.175. The van der Waals surface area contributed by atoms with E-state index in [2.05, 4.69) is 15.3 Å². The van der Waals surface area contributed by atoms with Crippen LogP contribution in [-0.4, -0.2) is 27.1 Å². The van der Waals surface area contributed by atoms with Crippen molar-refractivity contribution in [2.75, 3.05) is 17.3 Å². The number of nitrogens with one attached hydrogen (secondary N) is 1. The molecule has 0 saturated heterocycles. The topological polar surface area (TPSA) is 80.4 Å². The third kappa shape index (κ3) is 5.88. The summed E-state index contributed by atoms with van der Waals surface area (Å²) in [7, 11) is 0. The van der Waals surface area contributed by atoms with Crippen LogP contribution in [0.15, 0.2) is 83.5 Å². The van der Waals surface area contributed by atoms with Crippen LogP contribution in [0.25, 0.3) is 22.2 Å².